The highest BCUT2D eigenvalue weighted by Gasteiger charge is 2.38. The third kappa shape index (κ3) is 3.06. The lowest BCUT2D eigenvalue weighted by atomic mass is 9.95. The van der Waals surface area contributed by atoms with Crippen molar-refractivity contribution >= 4 is 11.6 Å². The van der Waals surface area contributed by atoms with E-state index in [0.717, 1.165) is 32.2 Å². The van der Waals surface area contributed by atoms with Crippen LogP contribution >= 0.6 is 0 Å². The van der Waals surface area contributed by atoms with Crippen molar-refractivity contribution in [2.24, 2.45) is 5.92 Å². The van der Waals surface area contributed by atoms with E-state index in [1.165, 1.54) is 4.52 Å². The Bertz CT molecular complexity index is 724. The number of halogens is 3. The van der Waals surface area contributed by atoms with Crippen molar-refractivity contribution in [3.8, 4) is 0 Å². The van der Waals surface area contributed by atoms with Crippen molar-refractivity contribution in [3.05, 3.63) is 17.6 Å². The van der Waals surface area contributed by atoms with Crippen LogP contribution in [0.3, 0.4) is 0 Å². The molecule has 0 aromatic carbocycles. The van der Waals surface area contributed by atoms with E-state index in [9.17, 15) is 13.2 Å². The number of hydrogen-bond donors (Lipinski definition) is 0. The zero-order chi connectivity index (χ0) is 17.5. The van der Waals surface area contributed by atoms with Crippen LogP contribution in [0, 0.1) is 12.8 Å². The van der Waals surface area contributed by atoms with E-state index in [1.807, 2.05) is 0 Å². The zero-order valence-corrected chi connectivity index (χ0v) is 14.1. The molecule has 0 radical (unpaired) electrons. The van der Waals surface area contributed by atoms with E-state index >= 15 is 0 Å². The summed E-state index contributed by atoms with van der Waals surface area (Å²) in [5, 5.41) is 3.69. The van der Waals surface area contributed by atoms with E-state index in [-0.39, 0.29) is 5.78 Å². The average molecular weight is 341 g/mol. The standard InChI is InChI=1S/C16H22F3N5/c1-4-6-10(2)12-7-5-8-23(12)13-9-11(3)20-15-21-14(16(17,18)19)22-24(13)15/h9-10,12H,4-8H2,1-3H3. The maximum Gasteiger partial charge on any atom is 0.453 e. The molecule has 8 heteroatoms. The molecule has 0 aliphatic carbocycles. The second-order valence-corrected chi connectivity index (χ2v) is 6.57. The monoisotopic (exact) mass is 341 g/mol. The van der Waals surface area contributed by atoms with Gasteiger partial charge in [0, 0.05) is 24.3 Å². The van der Waals surface area contributed by atoms with Gasteiger partial charge in [-0.25, -0.2) is 4.98 Å². The summed E-state index contributed by atoms with van der Waals surface area (Å²) in [5.41, 5.74) is 0.646. The molecule has 3 rings (SSSR count). The minimum absolute atomic E-state index is 0.00567. The molecule has 3 heterocycles. The smallest absolute Gasteiger partial charge is 0.353 e. The fourth-order valence-electron chi connectivity index (χ4n) is 3.61. The van der Waals surface area contributed by atoms with Crippen LogP contribution in [0.4, 0.5) is 19.0 Å². The van der Waals surface area contributed by atoms with Gasteiger partial charge in [-0.3, -0.25) is 0 Å². The second kappa shape index (κ2) is 6.22. The van der Waals surface area contributed by atoms with Gasteiger partial charge in [0.1, 0.15) is 5.82 Å². The summed E-state index contributed by atoms with van der Waals surface area (Å²) in [5.74, 6) is 0.00269. The molecule has 2 aromatic heterocycles. The highest BCUT2D eigenvalue weighted by molar-refractivity contribution is 5.49. The molecule has 132 valence electrons. The van der Waals surface area contributed by atoms with Gasteiger partial charge in [-0.15, -0.1) is 5.10 Å². The molecule has 5 nitrogen and oxygen atoms in total. The molecular formula is C16H22F3N5. The molecule has 24 heavy (non-hydrogen) atoms. The van der Waals surface area contributed by atoms with Crippen molar-refractivity contribution in [1.82, 2.24) is 19.6 Å². The van der Waals surface area contributed by atoms with Crippen LogP contribution in [0.5, 0.6) is 0 Å². The third-order valence-electron chi connectivity index (χ3n) is 4.67. The molecule has 0 N–H and O–H groups in total. The highest BCUT2D eigenvalue weighted by atomic mass is 19.4. The molecule has 1 fully saturated rings. The summed E-state index contributed by atoms with van der Waals surface area (Å²) in [6.45, 7) is 6.95. The first-order chi connectivity index (χ1) is 11.3. The van der Waals surface area contributed by atoms with Gasteiger partial charge in [-0.2, -0.15) is 22.7 Å². The van der Waals surface area contributed by atoms with Crippen LogP contribution in [0.15, 0.2) is 6.07 Å². The Hall–Kier alpha value is -1.86. The molecule has 1 aliphatic heterocycles. The van der Waals surface area contributed by atoms with E-state index in [0.29, 0.717) is 23.5 Å². The number of nitrogens with zero attached hydrogens (tertiary/aromatic N) is 5. The van der Waals surface area contributed by atoms with Gasteiger partial charge >= 0.3 is 6.18 Å². The Kier molecular flexibility index (Phi) is 4.40. The topological polar surface area (TPSA) is 46.3 Å². The van der Waals surface area contributed by atoms with Crippen LogP contribution in [0.25, 0.3) is 5.78 Å². The van der Waals surface area contributed by atoms with Gasteiger partial charge in [-0.05, 0) is 32.1 Å². The number of hydrogen-bond acceptors (Lipinski definition) is 4. The van der Waals surface area contributed by atoms with Gasteiger partial charge in [0.2, 0.25) is 0 Å². The summed E-state index contributed by atoms with van der Waals surface area (Å²) in [6.07, 6.45) is -0.302. The lowest BCUT2D eigenvalue weighted by Crippen LogP contribution is -2.36. The third-order valence-corrected chi connectivity index (χ3v) is 4.67. The Balaban J connectivity index is 2.06. The molecule has 1 saturated heterocycles. The maximum atomic E-state index is 13.0. The van der Waals surface area contributed by atoms with E-state index in [1.54, 1.807) is 13.0 Å². The van der Waals surface area contributed by atoms with E-state index < -0.39 is 12.0 Å². The summed E-state index contributed by atoms with van der Waals surface area (Å²) in [6, 6.07) is 2.12. The van der Waals surface area contributed by atoms with Gasteiger partial charge < -0.3 is 4.90 Å². The molecule has 0 saturated carbocycles. The van der Waals surface area contributed by atoms with Crippen molar-refractivity contribution in [3.63, 3.8) is 0 Å². The number of aryl methyl sites for hydroxylation is 1. The van der Waals surface area contributed by atoms with Gasteiger partial charge in [0.05, 0.1) is 0 Å². The van der Waals surface area contributed by atoms with Crippen molar-refractivity contribution < 1.29 is 13.2 Å². The Labute approximate surface area is 138 Å². The minimum atomic E-state index is -4.57. The SMILES string of the molecule is CCCC(C)C1CCCN1c1cc(C)nc2nc(C(F)(F)F)nn12. The Morgan fingerprint density at radius 3 is 2.75 bits per heavy atom. The van der Waals surface area contributed by atoms with Gasteiger partial charge in [0.15, 0.2) is 0 Å². The molecule has 2 unspecified atom stereocenters. The first-order valence-electron chi connectivity index (χ1n) is 8.39. The number of fused-ring (bicyclic) bond motifs is 1. The molecular weight excluding hydrogens is 319 g/mol. The molecule has 0 amide bonds. The molecule has 0 bridgehead atoms. The summed E-state index contributed by atoms with van der Waals surface area (Å²) < 4.78 is 40.1. The number of anilines is 1. The Morgan fingerprint density at radius 1 is 1.33 bits per heavy atom. The maximum absolute atomic E-state index is 13.0. The Morgan fingerprint density at radius 2 is 2.08 bits per heavy atom. The van der Waals surface area contributed by atoms with Gasteiger partial charge in [-0.1, -0.05) is 20.3 Å². The van der Waals surface area contributed by atoms with Crippen LogP contribution in [0.1, 0.15) is 51.0 Å². The van der Waals surface area contributed by atoms with Crippen LogP contribution in [0.2, 0.25) is 0 Å². The van der Waals surface area contributed by atoms with Crippen LogP contribution < -0.4 is 4.90 Å². The predicted octanol–water partition coefficient (Wildman–Crippen LogP) is 3.86. The summed E-state index contributed by atoms with van der Waals surface area (Å²) >= 11 is 0. The quantitative estimate of drug-likeness (QED) is 0.847. The fraction of sp³-hybridized carbons (Fsp3) is 0.688. The van der Waals surface area contributed by atoms with Crippen molar-refractivity contribution in [2.45, 2.75) is 58.7 Å². The highest BCUT2D eigenvalue weighted by Crippen LogP contribution is 2.33. The van der Waals surface area contributed by atoms with E-state index in [4.69, 9.17) is 0 Å². The van der Waals surface area contributed by atoms with Crippen LogP contribution in [-0.4, -0.2) is 32.2 Å². The van der Waals surface area contributed by atoms with E-state index in [2.05, 4.69) is 33.8 Å². The van der Waals surface area contributed by atoms with Gasteiger partial charge in [0.25, 0.3) is 11.6 Å². The predicted molar refractivity (Wildman–Crippen MR) is 85.0 cm³/mol. The summed E-state index contributed by atoms with van der Waals surface area (Å²) in [4.78, 5) is 9.86. The van der Waals surface area contributed by atoms with Crippen molar-refractivity contribution in [2.75, 3.05) is 11.4 Å². The first-order valence-corrected chi connectivity index (χ1v) is 8.39. The van der Waals surface area contributed by atoms with Crippen LogP contribution in [-0.2, 0) is 6.18 Å². The zero-order valence-electron chi connectivity index (χ0n) is 14.1. The average Bonchev–Trinajstić information content (AvgIpc) is 3.12. The number of alkyl halides is 3. The number of rotatable bonds is 4. The second-order valence-electron chi connectivity index (χ2n) is 6.57. The minimum Gasteiger partial charge on any atom is -0.353 e. The van der Waals surface area contributed by atoms with Crippen molar-refractivity contribution in [1.29, 1.82) is 0 Å². The fourth-order valence-corrected chi connectivity index (χ4v) is 3.61. The largest absolute Gasteiger partial charge is 0.453 e. The normalized spacial score (nSPS) is 20.1. The molecule has 2 atom stereocenters. The molecule has 2 aromatic rings. The lowest BCUT2D eigenvalue weighted by molar-refractivity contribution is -0.144. The number of aromatic nitrogens is 4. The lowest BCUT2D eigenvalue weighted by Gasteiger charge is -2.31. The first kappa shape index (κ1) is 17.0. The molecule has 1 aliphatic rings. The molecule has 0 spiro atoms. The summed E-state index contributed by atoms with van der Waals surface area (Å²) in [7, 11) is 0.